The van der Waals surface area contributed by atoms with Gasteiger partial charge >= 0.3 is 0 Å². The van der Waals surface area contributed by atoms with Crippen LogP contribution in [-0.2, 0) is 27.0 Å². The molecule has 2 aromatic carbocycles. The van der Waals surface area contributed by atoms with Gasteiger partial charge in [0.15, 0.2) is 0 Å². The molecule has 26 heavy (non-hydrogen) atoms. The highest BCUT2D eigenvalue weighted by molar-refractivity contribution is 7.91. The number of amides is 1. The van der Waals surface area contributed by atoms with Gasteiger partial charge in [0.05, 0.1) is 5.75 Å². The Morgan fingerprint density at radius 3 is 2.69 bits per heavy atom. The Morgan fingerprint density at radius 1 is 1.15 bits per heavy atom. The van der Waals surface area contributed by atoms with Crippen LogP contribution in [0.1, 0.15) is 30.9 Å². The minimum atomic E-state index is -3.55. The predicted molar refractivity (Wildman–Crippen MR) is 105 cm³/mol. The summed E-state index contributed by atoms with van der Waals surface area (Å²) in [6, 6.07) is 12.1. The van der Waals surface area contributed by atoms with Crippen LogP contribution in [0.5, 0.6) is 0 Å². The van der Waals surface area contributed by atoms with E-state index in [0.29, 0.717) is 35.7 Å². The number of rotatable bonds is 6. The zero-order valence-corrected chi connectivity index (χ0v) is 16.1. The van der Waals surface area contributed by atoms with Crippen LogP contribution in [-0.4, -0.2) is 20.9 Å². The molecule has 0 aromatic heterocycles. The Kier molecular flexibility index (Phi) is 5.53. The second-order valence-electron chi connectivity index (χ2n) is 6.38. The number of aryl methyl sites for hydroxylation is 1. The highest BCUT2D eigenvalue weighted by atomic mass is 35.5. The van der Waals surface area contributed by atoms with E-state index < -0.39 is 10.0 Å². The van der Waals surface area contributed by atoms with Crippen molar-refractivity contribution in [1.29, 1.82) is 0 Å². The lowest BCUT2D eigenvalue weighted by molar-refractivity contribution is -0.118. The number of nitrogens with one attached hydrogen (secondary N) is 1. The second kappa shape index (κ2) is 7.68. The van der Waals surface area contributed by atoms with E-state index in [1.165, 1.54) is 0 Å². The molecule has 0 atom stereocenters. The molecule has 1 N–H and O–H groups in total. The van der Waals surface area contributed by atoms with E-state index >= 15 is 0 Å². The fraction of sp³-hybridized carbons (Fsp3) is 0.316. The van der Waals surface area contributed by atoms with E-state index in [2.05, 4.69) is 4.72 Å². The van der Waals surface area contributed by atoms with Gasteiger partial charge in [0.25, 0.3) is 0 Å². The van der Waals surface area contributed by atoms with Gasteiger partial charge < -0.3 is 4.90 Å². The number of benzene rings is 2. The minimum absolute atomic E-state index is 0.119. The van der Waals surface area contributed by atoms with Crippen LogP contribution in [0.4, 0.5) is 11.4 Å². The Hall–Kier alpha value is -2.05. The van der Waals surface area contributed by atoms with E-state index in [9.17, 15) is 13.2 Å². The number of hydrogen-bond donors (Lipinski definition) is 1. The van der Waals surface area contributed by atoms with Gasteiger partial charge in [-0.05, 0) is 54.3 Å². The third-order valence-corrected chi connectivity index (χ3v) is 5.74. The molecule has 3 rings (SSSR count). The largest absolute Gasteiger partial charge is 0.312 e. The number of carbonyl (C=O) groups excluding carboxylic acids is 1. The second-order valence-corrected chi connectivity index (χ2v) is 8.54. The van der Waals surface area contributed by atoms with Crippen molar-refractivity contribution in [3.63, 3.8) is 0 Å². The van der Waals surface area contributed by atoms with Gasteiger partial charge in [-0.2, -0.15) is 0 Å². The summed E-state index contributed by atoms with van der Waals surface area (Å²) in [4.78, 5) is 13.9. The van der Waals surface area contributed by atoms with Gasteiger partial charge in [-0.25, -0.2) is 8.42 Å². The molecule has 0 spiro atoms. The van der Waals surface area contributed by atoms with Crippen LogP contribution in [0, 0.1) is 0 Å². The molecule has 0 unspecified atom stereocenters. The molecule has 0 saturated carbocycles. The smallest absolute Gasteiger partial charge is 0.236 e. The first-order chi connectivity index (χ1) is 12.4. The topological polar surface area (TPSA) is 66.5 Å². The molecule has 1 aliphatic rings. The summed E-state index contributed by atoms with van der Waals surface area (Å²) in [5, 5.41) is 0.507. The third kappa shape index (κ3) is 4.37. The molecule has 1 amide bonds. The van der Waals surface area contributed by atoms with Crippen molar-refractivity contribution in [1.82, 2.24) is 0 Å². The number of halogens is 1. The maximum absolute atomic E-state index is 12.4. The minimum Gasteiger partial charge on any atom is -0.312 e. The van der Waals surface area contributed by atoms with Crippen molar-refractivity contribution in [3.8, 4) is 0 Å². The number of anilines is 2. The van der Waals surface area contributed by atoms with Crippen LogP contribution in [0.3, 0.4) is 0 Å². The Labute approximate surface area is 159 Å². The van der Waals surface area contributed by atoms with Crippen LogP contribution >= 0.6 is 11.6 Å². The fourth-order valence-corrected chi connectivity index (χ4v) is 4.54. The summed E-state index contributed by atoms with van der Waals surface area (Å²) in [7, 11) is -3.55. The van der Waals surface area contributed by atoms with Gasteiger partial charge in [-0.15, -0.1) is 0 Å². The summed E-state index contributed by atoms with van der Waals surface area (Å²) in [5.74, 6) is -0.0286. The normalized spacial score (nSPS) is 14.2. The molecule has 1 aliphatic heterocycles. The number of fused-ring (bicyclic) bond motifs is 1. The molecule has 1 heterocycles. The summed E-state index contributed by atoms with van der Waals surface area (Å²) < 4.78 is 27.5. The highest BCUT2D eigenvalue weighted by Crippen LogP contribution is 2.31. The van der Waals surface area contributed by atoms with E-state index in [4.69, 9.17) is 11.6 Å². The molecule has 0 fully saturated rings. The van der Waals surface area contributed by atoms with Crippen molar-refractivity contribution >= 4 is 38.9 Å². The summed E-state index contributed by atoms with van der Waals surface area (Å²) in [5.41, 5.74) is 3.00. The first kappa shape index (κ1) is 18.7. The monoisotopic (exact) mass is 392 g/mol. The van der Waals surface area contributed by atoms with Gasteiger partial charge in [-0.1, -0.05) is 30.7 Å². The lowest BCUT2D eigenvalue weighted by Gasteiger charge is -2.29. The lowest BCUT2D eigenvalue weighted by Crippen LogP contribution is -2.35. The number of nitrogens with zero attached hydrogens (tertiary/aromatic N) is 1. The molecular weight excluding hydrogens is 372 g/mol. The first-order valence-corrected chi connectivity index (χ1v) is 10.6. The van der Waals surface area contributed by atoms with Crippen LogP contribution < -0.4 is 9.62 Å². The average molecular weight is 393 g/mol. The fourth-order valence-electron chi connectivity index (χ4n) is 3.15. The van der Waals surface area contributed by atoms with Crippen LogP contribution in [0.2, 0.25) is 5.02 Å². The average Bonchev–Trinajstić information content (AvgIpc) is 2.57. The van der Waals surface area contributed by atoms with Crippen molar-refractivity contribution in [3.05, 3.63) is 58.6 Å². The molecular formula is C19H21ClN2O3S. The van der Waals surface area contributed by atoms with Gasteiger partial charge in [0, 0.05) is 29.4 Å². The van der Waals surface area contributed by atoms with E-state index in [1.54, 1.807) is 35.2 Å². The molecule has 0 aliphatic carbocycles. The molecule has 0 radical (unpaired) electrons. The Bertz CT molecular complexity index is 928. The van der Waals surface area contributed by atoms with Crippen molar-refractivity contribution in [2.24, 2.45) is 0 Å². The number of hydrogen-bond acceptors (Lipinski definition) is 3. The summed E-state index contributed by atoms with van der Waals surface area (Å²) in [6.45, 7) is 2.70. The molecule has 5 nitrogen and oxygen atoms in total. The van der Waals surface area contributed by atoms with Crippen LogP contribution in [0.15, 0.2) is 42.5 Å². The van der Waals surface area contributed by atoms with E-state index in [-0.39, 0.29) is 11.7 Å². The summed E-state index contributed by atoms with van der Waals surface area (Å²) in [6.07, 6.45) is 1.95. The van der Waals surface area contributed by atoms with Crippen molar-refractivity contribution < 1.29 is 13.2 Å². The molecule has 0 bridgehead atoms. The molecule has 2 aromatic rings. The quantitative estimate of drug-likeness (QED) is 0.808. The molecule has 0 saturated heterocycles. The Balaban J connectivity index is 1.79. The summed E-state index contributed by atoms with van der Waals surface area (Å²) >= 11 is 5.92. The Morgan fingerprint density at radius 2 is 1.96 bits per heavy atom. The zero-order valence-electron chi connectivity index (χ0n) is 14.5. The number of carbonyl (C=O) groups is 1. The van der Waals surface area contributed by atoms with Gasteiger partial charge in [-0.3, -0.25) is 9.52 Å². The SMILES string of the molecule is CCCN1C(=O)CCc2cc(NS(=O)(=O)Cc3cccc(Cl)c3)ccc21. The van der Waals surface area contributed by atoms with E-state index in [0.717, 1.165) is 17.7 Å². The standard InChI is InChI=1S/C19H21ClN2O3S/c1-2-10-22-18-8-7-17(12-15(18)6-9-19(22)23)21-26(24,25)13-14-4-3-5-16(20)11-14/h3-5,7-8,11-12,21H,2,6,9-10,13H2,1H3. The van der Waals surface area contributed by atoms with E-state index in [1.807, 2.05) is 19.1 Å². The predicted octanol–water partition coefficient (Wildman–Crippen LogP) is 3.97. The zero-order chi connectivity index (χ0) is 18.7. The molecule has 138 valence electrons. The van der Waals surface area contributed by atoms with Crippen molar-refractivity contribution in [2.75, 3.05) is 16.2 Å². The van der Waals surface area contributed by atoms with Crippen molar-refractivity contribution in [2.45, 2.75) is 31.9 Å². The highest BCUT2D eigenvalue weighted by Gasteiger charge is 2.24. The maximum atomic E-state index is 12.4. The lowest BCUT2D eigenvalue weighted by atomic mass is 10.0. The number of sulfonamides is 1. The maximum Gasteiger partial charge on any atom is 0.236 e. The van der Waals surface area contributed by atoms with Gasteiger partial charge in [0.1, 0.15) is 0 Å². The van der Waals surface area contributed by atoms with Gasteiger partial charge in [0.2, 0.25) is 15.9 Å². The third-order valence-electron chi connectivity index (χ3n) is 4.25. The first-order valence-electron chi connectivity index (χ1n) is 8.56. The van der Waals surface area contributed by atoms with Crippen LogP contribution in [0.25, 0.3) is 0 Å². The molecule has 7 heteroatoms.